The maximum atomic E-state index is 13.0. The zero-order valence-electron chi connectivity index (χ0n) is 15.6. The fraction of sp³-hybridized carbons (Fsp3) is 0.526. The number of piperazine rings is 1. The lowest BCUT2D eigenvalue weighted by atomic mass is 9.91. The Morgan fingerprint density at radius 2 is 2.07 bits per heavy atom. The number of carbonyl (C=O) groups is 3. The van der Waals surface area contributed by atoms with Crippen molar-refractivity contribution in [2.24, 2.45) is 0 Å². The number of amides is 3. The summed E-state index contributed by atoms with van der Waals surface area (Å²) in [7, 11) is 1.83. The fourth-order valence-corrected chi connectivity index (χ4v) is 3.62. The first-order valence-corrected chi connectivity index (χ1v) is 9.34. The molecule has 0 aromatic heterocycles. The van der Waals surface area contributed by atoms with Gasteiger partial charge in [-0.3, -0.25) is 14.4 Å². The van der Waals surface area contributed by atoms with Gasteiger partial charge in [-0.1, -0.05) is 12.1 Å². The summed E-state index contributed by atoms with van der Waals surface area (Å²) in [4.78, 5) is 39.1. The van der Waals surface area contributed by atoms with Gasteiger partial charge in [0.1, 0.15) is 17.9 Å². The van der Waals surface area contributed by atoms with Crippen LogP contribution in [0.2, 0.25) is 0 Å². The van der Waals surface area contributed by atoms with Gasteiger partial charge < -0.3 is 20.9 Å². The van der Waals surface area contributed by atoms with E-state index in [1.54, 1.807) is 17.0 Å². The molecule has 2 saturated heterocycles. The van der Waals surface area contributed by atoms with E-state index >= 15 is 0 Å². The third-order valence-electron chi connectivity index (χ3n) is 5.42. The standard InChI is InChI=1S/C19H25FN4O3/c1-11(21-2)17(25)22-14-7-8-24-16(10-14)18(26)23-15(19(24)27)9-12-3-5-13(20)6-4-12/h3-6,11,14-16,21H,7-10H2,1-2H3,(H,22,25)(H,23,26)/p+1/t11-,14-,15-,16-/m0/s1. The van der Waals surface area contributed by atoms with Crippen molar-refractivity contribution in [2.45, 2.75) is 50.4 Å². The van der Waals surface area contributed by atoms with Crippen molar-refractivity contribution < 1.29 is 24.1 Å². The lowest BCUT2D eigenvalue weighted by molar-refractivity contribution is -0.646. The predicted molar refractivity (Wildman–Crippen MR) is 96.0 cm³/mol. The number of halogens is 1. The average Bonchev–Trinajstić information content (AvgIpc) is 2.66. The van der Waals surface area contributed by atoms with Crippen LogP contribution in [0.4, 0.5) is 4.39 Å². The van der Waals surface area contributed by atoms with Gasteiger partial charge >= 0.3 is 0 Å². The van der Waals surface area contributed by atoms with E-state index < -0.39 is 12.1 Å². The maximum Gasteiger partial charge on any atom is 0.278 e. The Morgan fingerprint density at radius 3 is 2.74 bits per heavy atom. The van der Waals surface area contributed by atoms with Crippen LogP contribution < -0.4 is 16.0 Å². The SMILES string of the molecule is C[NH2+][C@@H](C)C(=O)N[C@H]1CCN2C(=O)[C@H](Cc3ccc(F)cc3)NC(=O)[C@@H]2C1. The number of hydrogen-bond acceptors (Lipinski definition) is 3. The second-order valence-corrected chi connectivity index (χ2v) is 7.29. The van der Waals surface area contributed by atoms with Crippen molar-refractivity contribution in [3.05, 3.63) is 35.6 Å². The minimum Gasteiger partial charge on any atom is -0.348 e. The molecule has 2 heterocycles. The normalized spacial score (nSPS) is 26.2. The molecule has 0 aliphatic carbocycles. The van der Waals surface area contributed by atoms with Gasteiger partial charge in [0.25, 0.3) is 5.91 Å². The molecule has 7 nitrogen and oxygen atoms in total. The Bertz CT molecular complexity index is 724. The zero-order valence-corrected chi connectivity index (χ0v) is 15.6. The molecule has 4 atom stereocenters. The summed E-state index contributed by atoms with van der Waals surface area (Å²) in [5.41, 5.74) is 0.792. The summed E-state index contributed by atoms with van der Waals surface area (Å²) in [6, 6.07) is 4.43. The van der Waals surface area contributed by atoms with Crippen molar-refractivity contribution in [2.75, 3.05) is 13.6 Å². The van der Waals surface area contributed by atoms with Crippen molar-refractivity contribution in [3.8, 4) is 0 Å². The highest BCUT2D eigenvalue weighted by Crippen LogP contribution is 2.23. The van der Waals surface area contributed by atoms with Crippen LogP contribution in [0.15, 0.2) is 24.3 Å². The zero-order chi connectivity index (χ0) is 19.6. The van der Waals surface area contributed by atoms with Crippen LogP contribution in [-0.4, -0.2) is 60.4 Å². The molecular formula is C19H26FN4O3+. The van der Waals surface area contributed by atoms with Gasteiger partial charge in [0.15, 0.2) is 6.04 Å². The van der Waals surface area contributed by atoms with E-state index in [0.29, 0.717) is 25.8 Å². The molecule has 1 aromatic carbocycles. The van der Waals surface area contributed by atoms with Gasteiger partial charge in [-0.15, -0.1) is 0 Å². The highest BCUT2D eigenvalue weighted by molar-refractivity contribution is 5.97. The summed E-state index contributed by atoms with van der Waals surface area (Å²) in [6.45, 7) is 2.26. The molecule has 27 heavy (non-hydrogen) atoms. The number of quaternary nitrogens is 1. The monoisotopic (exact) mass is 377 g/mol. The van der Waals surface area contributed by atoms with E-state index in [9.17, 15) is 18.8 Å². The minimum atomic E-state index is -0.639. The Morgan fingerprint density at radius 1 is 1.37 bits per heavy atom. The van der Waals surface area contributed by atoms with E-state index in [0.717, 1.165) is 5.56 Å². The second kappa shape index (κ2) is 8.04. The number of hydrogen-bond donors (Lipinski definition) is 3. The molecule has 0 saturated carbocycles. The number of rotatable bonds is 5. The van der Waals surface area contributed by atoms with Crippen LogP contribution in [0.1, 0.15) is 25.3 Å². The molecular weight excluding hydrogens is 351 g/mol. The van der Waals surface area contributed by atoms with Crippen LogP contribution in [0.5, 0.6) is 0 Å². The highest BCUT2D eigenvalue weighted by atomic mass is 19.1. The average molecular weight is 377 g/mol. The first-order valence-electron chi connectivity index (χ1n) is 9.34. The number of nitrogens with zero attached hydrogens (tertiary/aromatic N) is 1. The molecule has 0 radical (unpaired) electrons. The summed E-state index contributed by atoms with van der Waals surface area (Å²) in [5, 5.41) is 7.58. The first-order chi connectivity index (χ1) is 12.9. The molecule has 3 amide bonds. The second-order valence-electron chi connectivity index (χ2n) is 7.29. The van der Waals surface area contributed by atoms with E-state index in [1.807, 2.05) is 19.3 Å². The first kappa shape index (κ1) is 19.3. The van der Waals surface area contributed by atoms with Crippen LogP contribution in [0.25, 0.3) is 0 Å². The van der Waals surface area contributed by atoms with Gasteiger partial charge in [-0.25, -0.2) is 4.39 Å². The molecule has 2 aliphatic heterocycles. The molecule has 0 bridgehead atoms. The fourth-order valence-electron chi connectivity index (χ4n) is 3.62. The number of piperidine rings is 1. The van der Waals surface area contributed by atoms with Crippen molar-refractivity contribution in [3.63, 3.8) is 0 Å². The molecule has 1 aromatic rings. The van der Waals surface area contributed by atoms with Crippen molar-refractivity contribution in [1.29, 1.82) is 0 Å². The van der Waals surface area contributed by atoms with Crippen LogP contribution >= 0.6 is 0 Å². The Hall–Kier alpha value is -2.48. The Labute approximate surface area is 157 Å². The number of fused-ring (bicyclic) bond motifs is 1. The molecule has 0 unspecified atom stereocenters. The van der Waals surface area contributed by atoms with E-state index in [2.05, 4.69) is 10.6 Å². The predicted octanol–water partition coefficient (Wildman–Crippen LogP) is -1.08. The van der Waals surface area contributed by atoms with Gasteiger partial charge in [-0.2, -0.15) is 0 Å². The number of nitrogens with two attached hydrogens (primary N) is 1. The van der Waals surface area contributed by atoms with Crippen LogP contribution in [0.3, 0.4) is 0 Å². The Balaban J connectivity index is 1.63. The molecule has 4 N–H and O–H groups in total. The minimum absolute atomic E-state index is 0.0623. The topological polar surface area (TPSA) is 95.1 Å². The van der Waals surface area contributed by atoms with Gasteiger partial charge in [0.2, 0.25) is 11.8 Å². The lowest BCUT2D eigenvalue weighted by Crippen LogP contribution is -2.88. The number of nitrogens with one attached hydrogen (secondary N) is 2. The summed E-state index contributed by atoms with van der Waals surface area (Å²) in [6.07, 6.45) is 1.38. The smallest absolute Gasteiger partial charge is 0.278 e. The van der Waals surface area contributed by atoms with Crippen molar-refractivity contribution >= 4 is 17.7 Å². The maximum absolute atomic E-state index is 13.0. The summed E-state index contributed by atoms with van der Waals surface area (Å²) >= 11 is 0. The van der Waals surface area contributed by atoms with Crippen molar-refractivity contribution in [1.82, 2.24) is 15.5 Å². The number of likely N-dealkylation sites (N-methyl/N-ethyl adjacent to an activating group) is 1. The molecule has 0 spiro atoms. The quantitative estimate of drug-likeness (QED) is 0.610. The van der Waals surface area contributed by atoms with Crippen LogP contribution in [0, 0.1) is 5.82 Å². The Kier molecular flexibility index (Phi) is 5.74. The third-order valence-corrected chi connectivity index (χ3v) is 5.42. The molecule has 3 rings (SSSR count). The molecule has 146 valence electrons. The van der Waals surface area contributed by atoms with Gasteiger partial charge in [0, 0.05) is 19.0 Å². The van der Waals surface area contributed by atoms with Crippen LogP contribution in [-0.2, 0) is 20.8 Å². The van der Waals surface area contributed by atoms with Gasteiger partial charge in [-0.05, 0) is 37.5 Å². The molecule has 8 heteroatoms. The van der Waals surface area contributed by atoms with E-state index in [-0.39, 0.29) is 35.6 Å². The lowest BCUT2D eigenvalue weighted by Gasteiger charge is -2.44. The highest BCUT2D eigenvalue weighted by Gasteiger charge is 2.44. The summed E-state index contributed by atoms with van der Waals surface area (Å²) < 4.78 is 13.0. The van der Waals surface area contributed by atoms with Gasteiger partial charge in [0.05, 0.1) is 7.05 Å². The van der Waals surface area contributed by atoms with E-state index in [4.69, 9.17) is 0 Å². The van der Waals surface area contributed by atoms with E-state index in [1.165, 1.54) is 12.1 Å². The number of benzene rings is 1. The largest absolute Gasteiger partial charge is 0.348 e. The molecule has 2 fully saturated rings. The molecule has 2 aliphatic rings. The number of carbonyl (C=O) groups excluding carboxylic acids is 3. The third kappa shape index (κ3) is 4.27. The summed E-state index contributed by atoms with van der Waals surface area (Å²) in [5.74, 6) is -0.718.